The Balaban J connectivity index is 1.64. The maximum atomic E-state index is 12.0. The molecule has 23 heavy (non-hydrogen) atoms. The van der Waals surface area contributed by atoms with Crippen molar-refractivity contribution in [3.63, 3.8) is 0 Å². The predicted octanol–water partition coefficient (Wildman–Crippen LogP) is 3.34. The Morgan fingerprint density at radius 2 is 2.13 bits per heavy atom. The molecule has 1 atom stereocenters. The number of aromatic nitrogens is 1. The molecule has 1 unspecified atom stereocenters. The molecule has 0 bridgehead atoms. The number of carbonyl (C=O) groups is 1. The van der Waals surface area contributed by atoms with Crippen molar-refractivity contribution in [1.29, 1.82) is 0 Å². The summed E-state index contributed by atoms with van der Waals surface area (Å²) in [7, 11) is 0. The molecule has 1 N–H and O–H groups in total. The lowest BCUT2D eigenvalue weighted by atomic mass is 10.1. The van der Waals surface area contributed by atoms with Crippen molar-refractivity contribution in [2.45, 2.75) is 58.0 Å². The standard InChI is InChI=1S/C18H28N2O3/c1-2-3-4-5-6-7-11-19-18(21)15-8-9-17(20-13-15)23-16-10-12-22-14-16/h8-9,13,16H,2-7,10-12,14H2,1H3,(H,19,21). The Kier molecular flexibility index (Phi) is 7.87. The van der Waals surface area contributed by atoms with E-state index in [4.69, 9.17) is 9.47 Å². The van der Waals surface area contributed by atoms with E-state index in [-0.39, 0.29) is 12.0 Å². The molecule has 1 aliphatic heterocycles. The second-order valence-electron chi connectivity index (χ2n) is 6.01. The summed E-state index contributed by atoms with van der Waals surface area (Å²) in [5.41, 5.74) is 0.575. The molecule has 1 fully saturated rings. The van der Waals surface area contributed by atoms with Crippen molar-refractivity contribution in [3.8, 4) is 5.88 Å². The first-order valence-electron chi connectivity index (χ1n) is 8.78. The van der Waals surface area contributed by atoms with Crippen LogP contribution in [0.25, 0.3) is 0 Å². The number of hydrogen-bond donors (Lipinski definition) is 1. The fourth-order valence-electron chi connectivity index (χ4n) is 2.57. The summed E-state index contributed by atoms with van der Waals surface area (Å²) in [6, 6.07) is 3.51. The Morgan fingerprint density at radius 3 is 2.83 bits per heavy atom. The van der Waals surface area contributed by atoms with E-state index in [9.17, 15) is 4.79 Å². The van der Waals surface area contributed by atoms with Crippen LogP contribution >= 0.6 is 0 Å². The van der Waals surface area contributed by atoms with Gasteiger partial charge in [-0.25, -0.2) is 4.98 Å². The van der Waals surface area contributed by atoms with E-state index in [0.29, 0.717) is 18.1 Å². The molecule has 0 aliphatic carbocycles. The molecule has 2 heterocycles. The van der Waals surface area contributed by atoms with Crippen LogP contribution < -0.4 is 10.1 Å². The minimum absolute atomic E-state index is 0.0678. The van der Waals surface area contributed by atoms with E-state index in [1.807, 2.05) is 0 Å². The summed E-state index contributed by atoms with van der Waals surface area (Å²) < 4.78 is 10.9. The van der Waals surface area contributed by atoms with Gasteiger partial charge in [-0.1, -0.05) is 39.0 Å². The van der Waals surface area contributed by atoms with Gasteiger partial charge in [-0.3, -0.25) is 4.79 Å². The molecule has 0 saturated carbocycles. The number of hydrogen-bond acceptors (Lipinski definition) is 4. The van der Waals surface area contributed by atoms with Gasteiger partial charge in [0.15, 0.2) is 0 Å². The smallest absolute Gasteiger partial charge is 0.252 e. The summed E-state index contributed by atoms with van der Waals surface area (Å²) in [6.07, 6.45) is 9.86. The second-order valence-corrected chi connectivity index (χ2v) is 6.01. The summed E-state index contributed by atoms with van der Waals surface area (Å²) in [4.78, 5) is 16.2. The minimum atomic E-state index is -0.0678. The van der Waals surface area contributed by atoms with Crippen LogP contribution in [-0.4, -0.2) is 36.8 Å². The molecule has 0 radical (unpaired) electrons. The molecule has 5 nitrogen and oxygen atoms in total. The topological polar surface area (TPSA) is 60.5 Å². The van der Waals surface area contributed by atoms with Gasteiger partial charge in [0, 0.05) is 25.2 Å². The molecule has 0 spiro atoms. The van der Waals surface area contributed by atoms with Gasteiger partial charge >= 0.3 is 0 Å². The Hall–Kier alpha value is -1.62. The average molecular weight is 320 g/mol. The van der Waals surface area contributed by atoms with Crippen LogP contribution in [0.3, 0.4) is 0 Å². The van der Waals surface area contributed by atoms with Gasteiger partial charge in [-0.2, -0.15) is 0 Å². The summed E-state index contributed by atoms with van der Waals surface area (Å²) in [5, 5.41) is 2.94. The number of nitrogens with zero attached hydrogens (tertiary/aromatic N) is 1. The van der Waals surface area contributed by atoms with Crippen LogP contribution in [0, 0.1) is 0 Å². The van der Waals surface area contributed by atoms with E-state index in [0.717, 1.165) is 26.0 Å². The van der Waals surface area contributed by atoms with Gasteiger partial charge < -0.3 is 14.8 Å². The van der Waals surface area contributed by atoms with Crippen molar-refractivity contribution in [1.82, 2.24) is 10.3 Å². The number of nitrogens with one attached hydrogen (secondary N) is 1. The number of carbonyl (C=O) groups excluding carboxylic acids is 1. The maximum Gasteiger partial charge on any atom is 0.252 e. The molecule has 1 amide bonds. The second kappa shape index (κ2) is 10.2. The van der Waals surface area contributed by atoms with Crippen LogP contribution in [0.4, 0.5) is 0 Å². The number of rotatable bonds is 10. The Bertz CT molecular complexity index is 456. The monoisotopic (exact) mass is 320 g/mol. The van der Waals surface area contributed by atoms with Crippen molar-refractivity contribution >= 4 is 5.91 Å². The van der Waals surface area contributed by atoms with Gasteiger partial charge in [0.25, 0.3) is 5.91 Å². The number of unbranched alkanes of at least 4 members (excludes halogenated alkanes) is 5. The average Bonchev–Trinajstić information content (AvgIpc) is 3.07. The number of ether oxygens (including phenoxy) is 2. The quantitative estimate of drug-likeness (QED) is 0.672. The SMILES string of the molecule is CCCCCCCCNC(=O)c1ccc(OC2CCOC2)nc1. The first-order chi connectivity index (χ1) is 11.3. The summed E-state index contributed by atoms with van der Waals surface area (Å²) >= 11 is 0. The summed E-state index contributed by atoms with van der Waals surface area (Å²) in [6.45, 7) is 4.29. The molecule has 128 valence electrons. The first kappa shape index (κ1) is 17.7. The Morgan fingerprint density at radius 1 is 1.30 bits per heavy atom. The van der Waals surface area contributed by atoms with E-state index in [1.54, 1.807) is 18.3 Å². The highest BCUT2D eigenvalue weighted by Crippen LogP contribution is 2.14. The van der Waals surface area contributed by atoms with Crippen molar-refractivity contribution < 1.29 is 14.3 Å². The highest BCUT2D eigenvalue weighted by molar-refractivity contribution is 5.93. The van der Waals surface area contributed by atoms with Gasteiger partial charge in [-0.05, 0) is 12.5 Å². The lowest BCUT2D eigenvalue weighted by molar-refractivity contribution is 0.0952. The third-order valence-electron chi connectivity index (χ3n) is 3.99. The predicted molar refractivity (Wildman–Crippen MR) is 89.8 cm³/mol. The van der Waals surface area contributed by atoms with E-state index < -0.39 is 0 Å². The summed E-state index contributed by atoms with van der Waals surface area (Å²) in [5.74, 6) is 0.481. The molecule has 1 saturated heterocycles. The van der Waals surface area contributed by atoms with Crippen LogP contribution in [0.5, 0.6) is 5.88 Å². The van der Waals surface area contributed by atoms with Crippen molar-refractivity contribution in [3.05, 3.63) is 23.9 Å². The zero-order valence-corrected chi connectivity index (χ0v) is 14.1. The van der Waals surface area contributed by atoms with Crippen LogP contribution in [-0.2, 0) is 4.74 Å². The van der Waals surface area contributed by atoms with Crippen molar-refractivity contribution in [2.75, 3.05) is 19.8 Å². The zero-order valence-electron chi connectivity index (χ0n) is 14.1. The Labute approximate surface area is 138 Å². The van der Waals surface area contributed by atoms with Gasteiger partial charge in [-0.15, -0.1) is 0 Å². The lowest BCUT2D eigenvalue weighted by Gasteiger charge is -2.11. The fraction of sp³-hybridized carbons (Fsp3) is 0.667. The van der Waals surface area contributed by atoms with E-state index >= 15 is 0 Å². The van der Waals surface area contributed by atoms with Gasteiger partial charge in [0.1, 0.15) is 6.10 Å². The largest absolute Gasteiger partial charge is 0.472 e. The van der Waals surface area contributed by atoms with Crippen LogP contribution in [0.1, 0.15) is 62.2 Å². The molecule has 1 aromatic heterocycles. The third kappa shape index (κ3) is 6.57. The molecular formula is C18H28N2O3. The van der Waals surface area contributed by atoms with Crippen LogP contribution in [0.15, 0.2) is 18.3 Å². The van der Waals surface area contributed by atoms with Crippen molar-refractivity contribution in [2.24, 2.45) is 0 Å². The highest BCUT2D eigenvalue weighted by atomic mass is 16.5. The lowest BCUT2D eigenvalue weighted by Crippen LogP contribution is -2.24. The molecule has 1 aliphatic rings. The van der Waals surface area contributed by atoms with E-state index in [2.05, 4.69) is 17.2 Å². The third-order valence-corrected chi connectivity index (χ3v) is 3.99. The van der Waals surface area contributed by atoms with E-state index in [1.165, 1.54) is 32.1 Å². The molecule has 2 rings (SSSR count). The normalized spacial score (nSPS) is 17.2. The zero-order chi connectivity index (χ0) is 16.3. The fourth-order valence-corrected chi connectivity index (χ4v) is 2.57. The molecule has 5 heteroatoms. The van der Waals surface area contributed by atoms with Gasteiger partial charge in [0.2, 0.25) is 5.88 Å². The first-order valence-corrected chi connectivity index (χ1v) is 8.78. The molecule has 0 aromatic carbocycles. The number of pyridine rings is 1. The van der Waals surface area contributed by atoms with Crippen LogP contribution in [0.2, 0.25) is 0 Å². The highest BCUT2D eigenvalue weighted by Gasteiger charge is 2.17. The molecule has 1 aromatic rings. The molecular weight excluding hydrogens is 292 g/mol. The minimum Gasteiger partial charge on any atom is -0.472 e. The maximum absolute atomic E-state index is 12.0. The van der Waals surface area contributed by atoms with Gasteiger partial charge in [0.05, 0.1) is 18.8 Å². The number of amides is 1.